The molecule has 0 saturated carbocycles. The van der Waals surface area contributed by atoms with Crippen molar-refractivity contribution in [3.8, 4) is 6.07 Å². The van der Waals surface area contributed by atoms with Crippen LogP contribution < -0.4 is 5.32 Å². The van der Waals surface area contributed by atoms with Crippen LogP contribution in [-0.2, 0) is 6.54 Å². The molecule has 0 saturated heterocycles. The summed E-state index contributed by atoms with van der Waals surface area (Å²) in [6.07, 6.45) is 0. The van der Waals surface area contributed by atoms with E-state index in [4.69, 9.17) is 10.4 Å². The number of nitriles is 1. The summed E-state index contributed by atoms with van der Waals surface area (Å²) < 4.78 is 13.5. The van der Waals surface area contributed by atoms with Gasteiger partial charge in [0.05, 0.1) is 16.8 Å². The van der Waals surface area contributed by atoms with Gasteiger partial charge >= 0.3 is 5.97 Å². The van der Waals surface area contributed by atoms with E-state index in [-0.39, 0.29) is 11.3 Å². The second-order valence-electron chi connectivity index (χ2n) is 3.77. The molecule has 0 amide bonds. The minimum absolute atomic E-state index is 0.0211. The molecule has 0 bridgehead atoms. The van der Waals surface area contributed by atoms with Crippen LogP contribution in [0.4, 0.5) is 10.1 Å². The fourth-order valence-corrected chi connectivity index (χ4v) is 2.26. The first-order valence-electron chi connectivity index (χ1n) is 5.34. The van der Waals surface area contributed by atoms with Crippen LogP contribution >= 0.6 is 11.3 Å². The molecule has 19 heavy (non-hydrogen) atoms. The number of halogens is 1. The summed E-state index contributed by atoms with van der Waals surface area (Å²) >= 11 is 1.39. The highest BCUT2D eigenvalue weighted by atomic mass is 32.1. The van der Waals surface area contributed by atoms with Crippen LogP contribution in [0.2, 0.25) is 0 Å². The van der Waals surface area contributed by atoms with Crippen molar-refractivity contribution in [1.29, 1.82) is 5.26 Å². The minimum Gasteiger partial charge on any atom is -0.478 e. The van der Waals surface area contributed by atoms with Crippen LogP contribution in [-0.4, -0.2) is 11.1 Å². The number of anilines is 1. The number of aromatic carboxylic acids is 1. The quantitative estimate of drug-likeness (QED) is 0.900. The van der Waals surface area contributed by atoms with Crippen molar-refractivity contribution >= 4 is 23.0 Å². The topological polar surface area (TPSA) is 73.1 Å². The van der Waals surface area contributed by atoms with Gasteiger partial charge in [-0.3, -0.25) is 0 Å². The first-order chi connectivity index (χ1) is 9.10. The zero-order valence-corrected chi connectivity index (χ0v) is 10.5. The molecule has 0 unspecified atom stereocenters. The number of carboxylic acid groups (broad SMARTS) is 1. The van der Waals surface area contributed by atoms with Crippen molar-refractivity contribution in [2.75, 3.05) is 5.32 Å². The zero-order valence-electron chi connectivity index (χ0n) is 9.68. The highest BCUT2D eigenvalue weighted by Crippen LogP contribution is 2.19. The molecule has 2 rings (SSSR count). The molecule has 0 radical (unpaired) electrons. The van der Waals surface area contributed by atoms with E-state index in [2.05, 4.69) is 5.32 Å². The van der Waals surface area contributed by atoms with Crippen molar-refractivity contribution in [2.24, 2.45) is 0 Å². The molecule has 6 heteroatoms. The monoisotopic (exact) mass is 276 g/mol. The molecule has 2 aromatic rings. The lowest BCUT2D eigenvalue weighted by Crippen LogP contribution is -2.03. The van der Waals surface area contributed by atoms with Crippen LogP contribution in [0.25, 0.3) is 0 Å². The van der Waals surface area contributed by atoms with E-state index in [1.165, 1.54) is 23.5 Å². The minimum atomic E-state index is -1.11. The van der Waals surface area contributed by atoms with Gasteiger partial charge < -0.3 is 10.4 Å². The first-order valence-corrected chi connectivity index (χ1v) is 6.22. The molecule has 0 fully saturated rings. The molecular weight excluding hydrogens is 267 g/mol. The molecule has 0 aliphatic rings. The summed E-state index contributed by atoms with van der Waals surface area (Å²) in [7, 11) is 0. The Kier molecular flexibility index (Phi) is 3.78. The molecule has 1 aromatic carbocycles. The summed E-state index contributed by atoms with van der Waals surface area (Å²) in [4.78, 5) is 11.7. The number of carboxylic acids is 1. The van der Waals surface area contributed by atoms with Crippen molar-refractivity contribution < 1.29 is 14.3 Å². The molecule has 2 N–H and O–H groups in total. The number of rotatable bonds is 4. The van der Waals surface area contributed by atoms with Crippen molar-refractivity contribution in [1.82, 2.24) is 0 Å². The number of carbonyl (C=O) groups is 1. The third kappa shape index (κ3) is 3.09. The van der Waals surface area contributed by atoms with Gasteiger partial charge in [0.25, 0.3) is 0 Å². The van der Waals surface area contributed by atoms with Crippen LogP contribution in [0, 0.1) is 17.1 Å². The Labute approximate surface area is 112 Å². The van der Waals surface area contributed by atoms with Gasteiger partial charge in [-0.1, -0.05) is 0 Å². The molecule has 96 valence electrons. The van der Waals surface area contributed by atoms with Gasteiger partial charge in [-0.05, 0) is 24.3 Å². The maximum absolute atomic E-state index is 13.5. The van der Waals surface area contributed by atoms with Crippen LogP contribution in [0.1, 0.15) is 20.8 Å². The van der Waals surface area contributed by atoms with E-state index < -0.39 is 11.8 Å². The summed E-state index contributed by atoms with van der Waals surface area (Å²) in [6.45, 7) is 0.340. The van der Waals surface area contributed by atoms with E-state index >= 15 is 0 Å². The Bertz CT molecular complexity index is 661. The maximum Gasteiger partial charge on any atom is 0.335 e. The third-order valence-corrected chi connectivity index (χ3v) is 3.39. The van der Waals surface area contributed by atoms with Gasteiger partial charge in [-0.15, -0.1) is 11.3 Å². The molecule has 0 spiro atoms. The zero-order chi connectivity index (χ0) is 13.8. The fourth-order valence-electron chi connectivity index (χ4n) is 1.51. The lowest BCUT2D eigenvalue weighted by atomic mass is 10.2. The summed E-state index contributed by atoms with van der Waals surface area (Å²) in [6, 6.07) is 7.29. The van der Waals surface area contributed by atoms with E-state index in [9.17, 15) is 9.18 Å². The Morgan fingerprint density at radius 1 is 1.47 bits per heavy atom. The van der Waals surface area contributed by atoms with E-state index in [1.54, 1.807) is 11.4 Å². The lowest BCUT2D eigenvalue weighted by molar-refractivity contribution is 0.0697. The average molecular weight is 276 g/mol. The number of hydrogen-bond donors (Lipinski definition) is 2. The maximum atomic E-state index is 13.5. The number of nitrogens with one attached hydrogen (secondary N) is 1. The SMILES string of the molecule is N#Cc1csc(CNc2cc(C(=O)O)ccc2F)c1. The highest BCUT2D eigenvalue weighted by molar-refractivity contribution is 7.10. The largest absolute Gasteiger partial charge is 0.478 e. The van der Waals surface area contributed by atoms with Gasteiger partial charge in [0.2, 0.25) is 0 Å². The van der Waals surface area contributed by atoms with Crippen LogP contribution in [0.3, 0.4) is 0 Å². The Balaban J connectivity index is 2.12. The lowest BCUT2D eigenvalue weighted by Gasteiger charge is -2.07. The number of nitrogens with zero attached hydrogens (tertiary/aromatic N) is 1. The Morgan fingerprint density at radius 2 is 2.26 bits per heavy atom. The predicted octanol–water partition coefficient (Wildman–Crippen LogP) is 3.07. The number of benzene rings is 1. The highest BCUT2D eigenvalue weighted by Gasteiger charge is 2.08. The van der Waals surface area contributed by atoms with E-state index in [0.29, 0.717) is 12.1 Å². The van der Waals surface area contributed by atoms with Gasteiger partial charge in [0.1, 0.15) is 11.9 Å². The standard InChI is InChI=1S/C13H9FN2O2S/c14-11-2-1-9(13(17)18)4-12(11)16-6-10-3-8(5-15)7-19-10/h1-4,7,16H,6H2,(H,17,18). The molecule has 1 heterocycles. The Morgan fingerprint density at radius 3 is 2.89 bits per heavy atom. The summed E-state index contributed by atoms with van der Waals surface area (Å²) in [5, 5.41) is 22.1. The summed E-state index contributed by atoms with van der Waals surface area (Å²) in [5.41, 5.74) is 0.709. The first kappa shape index (κ1) is 13.1. The van der Waals surface area contributed by atoms with E-state index in [0.717, 1.165) is 10.9 Å². The second-order valence-corrected chi connectivity index (χ2v) is 4.76. The van der Waals surface area contributed by atoms with Gasteiger partial charge in [0.15, 0.2) is 0 Å². The van der Waals surface area contributed by atoms with Crippen LogP contribution in [0.5, 0.6) is 0 Å². The predicted molar refractivity (Wildman–Crippen MR) is 69.7 cm³/mol. The Hall–Kier alpha value is -2.39. The number of hydrogen-bond acceptors (Lipinski definition) is 4. The molecule has 0 atom stereocenters. The van der Waals surface area contributed by atoms with Crippen LogP contribution in [0.15, 0.2) is 29.6 Å². The normalized spacial score (nSPS) is 9.89. The van der Waals surface area contributed by atoms with Crippen molar-refractivity contribution in [3.63, 3.8) is 0 Å². The second kappa shape index (κ2) is 5.50. The molecular formula is C13H9FN2O2S. The number of thiophene rings is 1. The molecule has 4 nitrogen and oxygen atoms in total. The van der Waals surface area contributed by atoms with Gasteiger partial charge in [0, 0.05) is 16.8 Å². The van der Waals surface area contributed by atoms with Gasteiger partial charge in [-0.25, -0.2) is 9.18 Å². The van der Waals surface area contributed by atoms with E-state index in [1.807, 2.05) is 6.07 Å². The average Bonchev–Trinajstić information content (AvgIpc) is 2.85. The van der Waals surface area contributed by atoms with Crippen molar-refractivity contribution in [3.05, 3.63) is 51.5 Å². The summed E-state index contributed by atoms with van der Waals surface area (Å²) in [5.74, 6) is -1.62. The van der Waals surface area contributed by atoms with Gasteiger partial charge in [-0.2, -0.15) is 5.26 Å². The molecule has 1 aromatic heterocycles. The molecule has 0 aliphatic carbocycles. The third-order valence-electron chi connectivity index (χ3n) is 2.45. The smallest absolute Gasteiger partial charge is 0.335 e. The molecule has 0 aliphatic heterocycles. The van der Waals surface area contributed by atoms with Crippen molar-refractivity contribution in [2.45, 2.75) is 6.54 Å². The fraction of sp³-hybridized carbons (Fsp3) is 0.0769.